The van der Waals surface area contributed by atoms with Crippen molar-refractivity contribution in [1.29, 1.82) is 0 Å². The molecule has 0 fully saturated rings. The van der Waals surface area contributed by atoms with E-state index in [1.54, 1.807) is 6.92 Å². The number of carbonyl (C=O) groups excluding carboxylic acids is 1. The Morgan fingerprint density at radius 1 is 1.16 bits per heavy atom. The third-order valence-corrected chi connectivity index (χ3v) is 4.26. The molecule has 1 aromatic heterocycles. The first-order valence-corrected chi connectivity index (χ1v) is 8.64. The maximum Gasteiger partial charge on any atom is 0.257 e. The van der Waals surface area contributed by atoms with E-state index >= 15 is 0 Å². The van der Waals surface area contributed by atoms with Crippen molar-refractivity contribution in [2.45, 2.75) is 46.1 Å². The number of nitrogens with one attached hydrogen (secondary N) is 1. The standard InChI is InChI=1S/C19H24N2O4/c1-11(2)18-17(13(4)21-25-18)19(22)20-12(3)14-6-7-15-16(10-14)24-9-5-8-23-15/h6-7,10-12H,5,8-9H2,1-4H3,(H,20,22)/t12-/m1/s1. The van der Waals surface area contributed by atoms with E-state index < -0.39 is 0 Å². The summed E-state index contributed by atoms with van der Waals surface area (Å²) in [6, 6.07) is 5.58. The number of aromatic nitrogens is 1. The Balaban J connectivity index is 1.78. The Labute approximate surface area is 147 Å². The Hall–Kier alpha value is -2.50. The number of nitrogens with zero attached hydrogens (tertiary/aromatic N) is 1. The number of carbonyl (C=O) groups is 1. The smallest absolute Gasteiger partial charge is 0.257 e. The predicted molar refractivity (Wildman–Crippen MR) is 93.3 cm³/mol. The van der Waals surface area contributed by atoms with E-state index in [-0.39, 0.29) is 17.9 Å². The average Bonchev–Trinajstić information content (AvgIpc) is 2.82. The summed E-state index contributed by atoms with van der Waals surface area (Å²) in [5.41, 5.74) is 2.08. The summed E-state index contributed by atoms with van der Waals surface area (Å²) >= 11 is 0. The lowest BCUT2D eigenvalue weighted by atomic mass is 10.0. The monoisotopic (exact) mass is 344 g/mol. The van der Waals surface area contributed by atoms with Gasteiger partial charge in [0.05, 0.1) is 24.9 Å². The highest BCUT2D eigenvalue weighted by Gasteiger charge is 2.24. The van der Waals surface area contributed by atoms with Crippen molar-refractivity contribution < 1.29 is 18.8 Å². The molecule has 1 amide bonds. The van der Waals surface area contributed by atoms with Gasteiger partial charge in [-0.25, -0.2) is 0 Å². The van der Waals surface area contributed by atoms with E-state index in [4.69, 9.17) is 14.0 Å². The zero-order valence-corrected chi connectivity index (χ0v) is 15.1. The van der Waals surface area contributed by atoms with Crippen molar-refractivity contribution in [1.82, 2.24) is 10.5 Å². The van der Waals surface area contributed by atoms with Gasteiger partial charge < -0.3 is 19.3 Å². The van der Waals surface area contributed by atoms with Crippen LogP contribution in [0.5, 0.6) is 11.5 Å². The minimum Gasteiger partial charge on any atom is -0.490 e. The van der Waals surface area contributed by atoms with Gasteiger partial charge in [0.1, 0.15) is 5.56 Å². The van der Waals surface area contributed by atoms with E-state index in [0.29, 0.717) is 30.2 Å². The molecule has 3 rings (SSSR count). The molecule has 1 aliphatic heterocycles. The zero-order valence-electron chi connectivity index (χ0n) is 15.1. The quantitative estimate of drug-likeness (QED) is 0.914. The fraction of sp³-hybridized carbons (Fsp3) is 0.474. The van der Waals surface area contributed by atoms with Crippen molar-refractivity contribution in [2.24, 2.45) is 0 Å². The van der Waals surface area contributed by atoms with Crippen LogP contribution in [0.3, 0.4) is 0 Å². The maximum absolute atomic E-state index is 12.7. The Bertz CT molecular complexity index is 767. The second kappa shape index (κ2) is 7.17. The largest absolute Gasteiger partial charge is 0.490 e. The number of amides is 1. The van der Waals surface area contributed by atoms with Gasteiger partial charge in [-0.1, -0.05) is 25.1 Å². The first kappa shape index (κ1) is 17.3. The van der Waals surface area contributed by atoms with Crippen LogP contribution >= 0.6 is 0 Å². The Morgan fingerprint density at radius 3 is 2.60 bits per heavy atom. The van der Waals surface area contributed by atoms with Gasteiger partial charge >= 0.3 is 0 Å². The Kier molecular flexibility index (Phi) is 4.97. The molecule has 0 saturated carbocycles. The molecule has 2 heterocycles. The van der Waals surface area contributed by atoms with E-state index in [1.165, 1.54) is 0 Å². The SMILES string of the molecule is Cc1noc(C(C)C)c1C(=O)N[C@H](C)c1ccc2c(c1)OCCCO2. The summed E-state index contributed by atoms with van der Waals surface area (Å²) in [6.07, 6.45) is 0.862. The maximum atomic E-state index is 12.7. The third-order valence-electron chi connectivity index (χ3n) is 4.26. The number of aryl methyl sites for hydroxylation is 1. The van der Waals surface area contributed by atoms with E-state index in [2.05, 4.69) is 10.5 Å². The Morgan fingerprint density at radius 2 is 1.88 bits per heavy atom. The third kappa shape index (κ3) is 3.62. The summed E-state index contributed by atoms with van der Waals surface area (Å²) in [6.45, 7) is 8.96. The van der Waals surface area contributed by atoms with Gasteiger partial charge in [0.2, 0.25) is 0 Å². The molecule has 6 heteroatoms. The highest BCUT2D eigenvalue weighted by atomic mass is 16.5. The van der Waals surface area contributed by atoms with Gasteiger partial charge in [0.25, 0.3) is 5.91 Å². The lowest BCUT2D eigenvalue weighted by Gasteiger charge is -2.17. The van der Waals surface area contributed by atoms with Crippen molar-refractivity contribution in [3.05, 3.63) is 40.8 Å². The molecule has 0 radical (unpaired) electrons. The van der Waals surface area contributed by atoms with Crippen molar-refractivity contribution in [2.75, 3.05) is 13.2 Å². The minimum atomic E-state index is -0.182. The average molecular weight is 344 g/mol. The molecule has 1 aliphatic rings. The van der Waals surface area contributed by atoms with Crippen LogP contribution in [-0.2, 0) is 0 Å². The normalized spacial score (nSPS) is 14.9. The number of hydrogen-bond acceptors (Lipinski definition) is 5. The van der Waals surface area contributed by atoms with Gasteiger partial charge in [0, 0.05) is 12.3 Å². The molecule has 0 spiro atoms. The predicted octanol–water partition coefficient (Wildman–Crippen LogP) is 3.76. The summed E-state index contributed by atoms with van der Waals surface area (Å²) in [4.78, 5) is 12.7. The van der Waals surface area contributed by atoms with Crippen molar-refractivity contribution in [3.8, 4) is 11.5 Å². The molecule has 2 aromatic rings. The molecule has 0 bridgehead atoms. The van der Waals surface area contributed by atoms with Crippen LogP contribution in [0, 0.1) is 6.92 Å². The van der Waals surface area contributed by atoms with Crippen LogP contribution < -0.4 is 14.8 Å². The lowest BCUT2D eigenvalue weighted by Crippen LogP contribution is -2.27. The van der Waals surface area contributed by atoms with E-state index in [1.807, 2.05) is 39.0 Å². The fourth-order valence-corrected chi connectivity index (χ4v) is 2.86. The highest BCUT2D eigenvalue weighted by Crippen LogP contribution is 2.32. The fourth-order valence-electron chi connectivity index (χ4n) is 2.86. The number of hydrogen-bond donors (Lipinski definition) is 1. The van der Waals surface area contributed by atoms with Crippen molar-refractivity contribution >= 4 is 5.91 Å². The van der Waals surface area contributed by atoms with Gasteiger partial charge in [-0.15, -0.1) is 0 Å². The molecule has 25 heavy (non-hydrogen) atoms. The zero-order chi connectivity index (χ0) is 18.0. The molecule has 1 aromatic carbocycles. The van der Waals surface area contributed by atoms with E-state index in [0.717, 1.165) is 23.5 Å². The van der Waals surface area contributed by atoms with Gasteiger partial charge in [-0.05, 0) is 31.5 Å². The number of fused-ring (bicyclic) bond motifs is 1. The summed E-state index contributed by atoms with van der Waals surface area (Å²) in [5, 5.41) is 6.96. The minimum absolute atomic E-state index is 0.0929. The summed E-state index contributed by atoms with van der Waals surface area (Å²) < 4.78 is 16.7. The molecule has 0 unspecified atom stereocenters. The number of ether oxygens (including phenoxy) is 2. The van der Waals surface area contributed by atoms with Crippen LogP contribution in [0.15, 0.2) is 22.7 Å². The second-order valence-electron chi connectivity index (χ2n) is 6.61. The number of benzene rings is 1. The van der Waals surface area contributed by atoms with Crippen LogP contribution in [0.2, 0.25) is 0 Å². The molecule has 0 aliphatic carbocycles. The first-order valence-electron chi connectivity index (χ1n) is 8.64. The van der Waals surface area contributed by atoms with Crippen LogP contribution in [-0.4, -0.2) is 24.3 Å². The molecular formula is C19H24N2O4. The van der Waals surface area contributed by atoms with Gasteiger partial charge in [-0.3, -0.25) is 4.79 Å². The van der Waals surface area contributed by atoms with Crippen LogP contribution in [0.1, 0.15) is 66.5 Å². The molecule has 6 nitrogen and oxygen atoms in total. The molecule has 0 saturated heterocycles. The lowest BCUT2D eigenvalue weighted by molar-refractivity contribution is 0.0936. The van der Waals surface area contributed by atoms with Crippen LogP contribution in [0.4, 0.5) is 0 Å². The molecule has 1 N–H and O–H groups in total. The van der Waals surface area contributed by atoms with Gasteiger partial charge in [0.15, 0.2) is 17.3 Å². The molecule has 1 atom stereocenters. The molecular weight excluding hydrogens is 320 g/mol. The highest BCUT2D eigenvalue weighted by molar-refractivity contribution is 5.96. The van der Waals surface area contributed by atoms with Gasteiger partial charge in [-0.2, -0.15) is 0 Å². The summed E-state index contributed by atoms with van der Waals surface area (Å²) in [5.74, 6) is 2.00. The second-order valence-corrected chi connectivity index (χ2v) is 6.61. The van der Waals surface area contributed by atoms with Crippen LogP contribution in [0.25, 0.3) is 0 Å². The van der Waals surface area contributed by atoms with E-state index in [9.17, 15) is 4.79 Å². The summed E-state index contributed by atoms with van der Waals surface area (Å²) in [7, 11) is 0. The van der Waals surface area contributed by atoms with Crippen molar-refractivity contribution in [3.63, 3.8) is 0 Å². The topological polar surface area (TPSA) is 73.6 Å². The number of rotatable bonds is 4. The molecule has 134 valence electrons. The first-order chi connectivity index (χ1) is 12.0.